The lowest BCUT2D eigenvalue weighted by Crippen LogP contribution is -2.35. The van der Waals surface area contributed by atoms with E-state index in [1.807, 2.05) is 29.7 Å². The third kappa shape index (κ3) is 3.77. The molecular weight excluding hydrogens is 396 g/mol. The molecule has 8 heteroatoms. The molecule has 3 aromatic heterocycles. The Morgan fingerprint density at radius 2 is 2.10 bits per heavy atom. The van der Waals surface area contributed by atoms with Crippen LogP contribution in [-0.4, -0.2) is 39.4 Å². The molecule has 0 bridgehead atoms. The number of nitrogens with one attached hydrogen (secondary N) is 1. The second kappa shape index (κ2) is 7.88. The highest BCUT2D eigenvalue weighted by Crippen LogP contribution is 2.25. The van der Waals surface area contributed by atoms with E-state index >= 15 is 0 Å². The summed E-state index contributed by atoms with van der Waals surface area (Å²) in [7, 11) is 0. The van der Waals surface area contributed by atoms with Crippen molar-refractivity contribution in [2.75, 3.05) is 18.5 Å². The summed E-state index contributed by atoms with van der Waals surface area (Å²) in [5.74, 6) is -0.213. The number of amides is 2. The molecule has 0 saturated carbocycles. The van der Waals surface area contributed by atoms with Gasteiger partial charge in [-0.3, -0.25) is 14.4 Å². The van der Waals surface area contributed by atoms with Gasteiger partial charge in [0, 0.05) is 30.0 Å². The number of benzene rings is 1. The fourth-order valence-electron chi connectivity index (χ4n) is 3.81. The molecule has 0 atom stereocenters. The maximum atomic E-state index is 12.6. The van der Waals surface area contributed by atoms with Crippen LogP contribution in [0.25, 0.3) is 16.6 Å². The van der Waals surface area contributed by atoms with Crippen LogP contribution < -0.4 is 5.32 Å². The largest absolute Gasteiger partial charge is 0.451 e. The predicted molar refractivity (Wildman–Crippen MR) is 115 cm³/mol. The fraction of sp³-hybridized carbons (Fsp3) is 0.261. The average Bonchev–Trinajstić information content (AvgIpc) is 3.38. The average molecular weight is 418 g/mol. The third-order valence-electron chi connectivity index (χ3n) is 5.39. The number of hydrogen-bond donors (Lipinski definition) is 1. The maximum Gasteiger partial charge on any atom is 0.313 e. The summed E-state index contributed by atoms with van der Waals surface area (Å²) in [4.78, 5) is 35.0. The lowest BCUT2D eigenvalue weighted by molar-refractivity contribution is -0.145. The van der Waals surface area contributed by atoms with E-state index in [1.54, 1.807) is 30.5 Å². The highest BCUT2D eigenvalue weighted by molar-refractivity contribution is 5.98. The molecule has 158 valence electrons. The number of nitrogens with zero attached hydrogens (tertiary/aromatic N) is 3. The molecule has 31 heavy (non-hydrogen) atoms. The summed E-state index contributed by atoms with van der Waals surface area (Å²) < 4.78 is 7.62. The second-order valence-electron chi connectivity index (χ2n) is 7.67. The zero-order valence-electron chi connectivity index (χ0n) is 17.1. The highest BCUT2D eigenvalue weighted by Gasteiger charge is 2.23. The summed E-state index contributed by atoms with van der Waals surface area (Å²) in [6.07, 6.45) is 5.68. The summed E-state index contributed by atoms with van der Waals surface area (Å²) in [5.41, 5.74) is 3.93. The molecule has 0 radical (unpaired) electrons. The minimum absolute atomic E-state index is 0.149. The standard InChI is InChI=1S/C23H22N4O4/c1-15-5-4-8-26-18(14-24-22(15)26)13-21(28)25-17-6-7-19-16(11-17)12-20(31-19)23(29)27-9-2-3-10-30-27/h4-8,11-12,14H,2-3,9-10,13H2,1H3,(H,25,28). The maximum absolute atomic E-state index is 12.6. The summed E-state index contributed by atoms with van der Waals surface area (Å²) in [5, 5.41) is 5.00. The summed E-state index contributed by atoms with van der Waals surface area (Å²) >= 11 is 0. The zero-order chi connectivity index (χ0) is 21.4. The third-order valence-corrected chi connectivity index (χ3v) is 5.39. The van der Waals surface area contributed by atoms with E-state index in [0.717, 1.165) is 35.1 Å². The van der Waals surface area contributed by atoms with Crippen LogP contribution in [-0.2, 0) is 16.1 Å². The zero-order valence-corrected chi connectivity index (χ0v) is 17.1. The normalized spacial score (nSPS) is 14.3. The van der Waals surface area contributed by atoms with E-state index < -0.39 is 0 Å². The van der Waals surface area contributed by atoms with Gasteiger partial charge in [-0.15, -0.1) is 0 Å². The van der Waals surface area contributed by atoms with Crippen LogP contribution >= 0.6 is 0 Å². The molecule has 0 unspecified atom stereocenters. The van der Waals surface area contributed by atoms with Crippen LogP contribution in [0.3, 0.4) is 0 Å². The van der Waals surface area contributed by atoms with Crippen LogP contribution in [0.2, 0.25) is 0 Å². The predicted octanol–water partition coefficient (Wildman–Crippen LogP) is 3.74. The number of aromatic nitrogens is 2. The highest BCUT2D eigenvalue weighted by atomic mass is 16.7. The molecule has 0 spiro atoms. The molecule has 8 nitrogen and oxygen atoms in total. The van der Waals surface area contributed by atoms with Crippen molar-refractivity contribution in [2.45, 2.75) is 26.2 Å². The van der Waals surface area contributed by atoms with Gasteiger partial charge in [-0.25, -0.2) is 10.0 Å². The molecule has 4 heterocycles. The smallest absolute Gasteiger partial charge is 0.313 e. The van der Waals surface area contributed by atoms with Gasteiger partial charge in [-0.1, -0.05) is 6.07 Å². The van der Waals surface area contributed by atoms with Crippen LogP contribution in [0.15, 0.2) is 53.2 Å². The minimum atomic E-state index is -0.288. The van der Waals surface area contributed by atoms with Gasteiger partial charge in [0.15, 0.2) is 5.76 Å². The first-order valence-electron chi connectivity index (χ1n) is 10.3. The number of imidazole rings is 1. The Kier molecular flexibility index (Phi) is 4.91. The van der Waals surface area contributed by atoms with Crippen molar-refractivity contribution in [1.82, 2.24) is 14.4 Å². The fourth-order valence-corrected chi connectivity index (χ4v) is 3.81. The van der Waals surface area contributed by atoms with Gasteiger partial charge in [0.2, 0.25) is 5.91 Å². The van der Waals surface area contributed by atoms with E-state index in [9.17, 15) is 9.59 Å². The van der Waals surface area contributed by atoms with Crippen molar-refractivity contribution in [1.29, 1.82) is 0 Å². The Morgan fingerprint density at radius 1 is 1.19 bits per heavy atom. The number of anilines is 1. The molecule has 5 rings (SSSR count). The van der Waals surface area contributed by atoms with Crippen molar-refractivity contribution in [3.63, 3.8) is 0 Å². The van der Waals surface area contributed by atoms with Crippen LogP contribution in [0, 0.1) is 6.92 Å². The van der Waals surface area contributed by atoms with E-state index in [1.165, 1.54) is 5.06 Å². The topological polar surface area (TPSA) is 89.1 Å². The minimum Gasteiger partial charge on any atom is -0.451 e. The van der Waals surface area contributed by atoms with Gasteiger partial charge in [0.1, 0.15) is 11.2 Å². The van der Waals surface area contributed by atoms with Gasteiger partial charge in [-0.05, 0) is 55.7 Å². The number of aryl methyl sites for hydroxylation is 1. The first kappa shape index (κ1) is 19.3. The molecule has 0 aliphatic carbocycles. The molecule has 1 fully saturated rings. The second-order valence-corrected chi connectivity index (χ2v) is 7.67. The van der Waals surface area contributed by atoms with Crippen LogP contribution in [0.1, 0.15) is 34.7 Å². The Labute approximate surface area is 178 Å². The van der Waals surface area contributed by atoms with Gasteiger partial charge < -0.3 is 14.1 Å². The lowest BCUT2D eigenvalue weighted by Gasteiger charge is -2.24. The Hall–Kier alpha value is -3.65. The molecule has 4 aromatic rings. The number of carbonyl (C=O) groups is 2. The number of pyridine rings is 1. The number of rotatable bonds is 4. The Balaban J connectivity index is 1.31. The van der Waals surface area contributed by atoms with Gasteiger partial charge in [0.05, 0.1) is 18.7 Å². The van der Waals surface area contributed by atoms with E-state index in [2.05, 4.69) is 10.3 Å². The Morgan fingerprint density at radius 3 is 2.94 bits per heavy atom. The summed E-state index contributed by atoms with van der Waals surface area (Å²) in [6, 6.07) is 10.9. The molecule has 1 aromatic carbocycles. The van der Waals surface area contributed by atoms with Gasteiger partial charge >= 0.3 is 5.91 Å². The molecule has 2 amide bonds. The van der Waals surface area contributed by atoms with Gasteiger partial charge in [0.25, 0.3) is 0 Å². The molecule has 1 aliphatic heterocycles. The molecule has 1 aliphatic rings. The van der Waals surface area contributed by atoms with Crippen molar-refractivity contribution >= 4 is 34.1 Å². The first-order chi connectivity index (χ1) is 15.1. The number of carbonyl (C=O) groups excluding carboxylic acids is 2. The monoisotopic (exact) mass is 418 g/mol. The molecular formula is C23H22N4O4. The van der Waals surface area contributed by atoms with E-state index in [0.29, 0.717) is 24.4 Å². The van der Waals surface area contributed by atoms with Crippen molar-refractivity contribution < 1.29 is 18.8 Å². The first-order valence-corrected chi connectivity index (χ1v) is 10.3. The van der Waals surface area contributed by atoms with Crippen LogP contribution in [0.5, 0.6) is 0 Å². The Bertz CT molecular complexity index is 1280. The quantitative estimate of drug-likeness (QED) is 0.545. The molecule has 1 saturated heterocycles. The van der Waals surface area contributed by atoms with Crippen molar-refractivity contribution in [3.8, 4) is 0 Å². The number of fused-ring (bicyclic) bond motifs is 2. The van der Waals surface area contributed by atoms with Crippen molar-refractivity contribution in [3.05, 3.63) is 65.8 Å². The van der Waals surface area contributed by atoms with Crippen molar-refractivity contribution in [2.24, 2.45) is 0 Å². The lowest BCUT2D eigenvalue weighted by atomic mass is 10.2. The molecule has 1 N–H and O–H groups in total. The SMILES string of the molecule is Cc1cccn2c(CC(=O)Nc3ccc4oc(C(=O)N5CCCCO5)cc4c3)cnc12. The van der Waals surface area contributed by atoms with E-state index in [4.69, 9.17) is 9.25 Å². The van der Waals surface area contributed by atoms with Crippen LogP contribution in [0.4, 0.5) is 5.69 Å². The number of hydrogen-bond acceptors (Lipinski definition) is 5. The number of furan rings is 1. The van der Waals surface area contributed by atoms with Gasteiger partial charge in [-0.2, -0.15) is 0 Å². The van der Waals surface area contributed by atoms with E-state index in [-0.39, 0.29) is 24.0 Å². The summed E-state index contributed by atoms with van der Waals surface area (Å²) in [6.45, 7) is 3.08. The number of hydroxylamine groups is 2.